The quantitative estimate of drug-likeness (QED) is 0.830. The summed E-state index contributed by atoms with van der Waals surface area (Å²) in [5.41, 5.74) is 1.26. The molecule has 18 heavy (non-hydrogen) atoms. The second kappa shape index (κ2) is 5.02. The molecule has 3 rings (SSSR count). The molecule has 0 saturated carbocycles. The Morgan fingerprint density at radius 1 is 1.22 bits per heavy atom. The first kappa shape index (κ1) is 11.6. The molecule has 3 nitrogen and oxygen atoms in total. The van der Waals surface area contributed by atoms with E-state index in [1.807, 2.05) is 6.07 Å². The predicted molar refractivity (Wildman–Crippen MR) is 70.9 cm³/mol. The molecule has 2 unspecified atom stereocenters. The second-order valence-electron chi connectivity index (χ2n) is 4.98. The molecule has 0 spiro atoms. The first-order chi connectivity index (χ1) is 8.83. The lowest BCUT2D eigenvalue weighted by Gasteiger charge is -2.24. The molecule has 1 aliphatic carbocycles. The lowest BCUT2D eigenvalue weighted by Crippen LogP contribution is -2.32. The zero-order valence-corrected chi connectivity index (χ0v) is 10.7. The molecule has 0 fully saturated rings. The van der Waals surface area contributed by atoms with Crippen molar-refractivity contribution < 1.29 is 9.47 Å². The largest absolute Gasteiger partial charge is 0.454 e. The van der Waals surface area contributed by atoms with E-state index in [-0.39, 0.29) is 0 Å². The van der Waals surface area contributed by atoms with Crippen LogP contribution in [0.2, 0.25) is 0 Å². The zero-order valence-electron chi connectivity index (χ0n) is 10.7. The van der Waals surface area contributed by atoms with Gasteiger partial charge < -0.3 is 14.8 Å². The van der Waals surface area contributed by atoms with E-state index in [9.17, 15) is 0 Å². The van der Waals surface area contributed by atoms with Crippen molar-refractivity contribution in [3.05, 3.63) is 35.9 Å². The summed E-state index contributed by atoms with van der Waals surface area (Å²) in [6.07, 6.45) is 8.09. The van der Waals surface area contributed by atoms with E-state index in [4.69, 9.17) is 9.47 Å². The molecule has 0 saturated heterocycles. The Hall–Kier alpha value is -1.48. The Morgan fingerprint density at radius 3 is 2.94 bits per heavy atom. The van der Waals surface area contributed by atoms with Gasteiger partial charge in [0.05, 0.1) is 0 Å². The number of allylic oxidation sites excluding steroid dienone is 1. The molecule has 1 aromatic carbocycles. The summed E-state index contributed by atoms with van der Waals surface area (Å²) in [4.78, 5) is 0. The Morgan fingerprint density at radius 2 is 2.11 bits per heavy atom. The minimum atomic E-state index is 0.341. The van der Waals surface area contributed by atoms with E-state index in [0.717, 1.165) is 17.9 Å². The average Bonchev–Trinajstić information content (AvgIpc) is 2.87. The van der Waals surface area contributed by atoms with Gasteiger partial charge in [0.25, 0.3) is 0 Å². The van der Waals surface area contributed by atoms with Gasteiger partial charge in [0.2, 0.25) is 6.79 Å². The molecular formula is C15H19NO2. The van der Waals surface area contributed by atoms with Gasteiger partial charge in [-0.1, -0.05) is 18.2 Å². The summed E-state index contributed by atoms with van der Waals surface area (Å²) < 4.78 is 10.7. The molecule has 2 aliphatic rings. The summed E-state index contributed by atoms with van der Waals surface area (Å²) in [6.45, 7) is 2.55. The average molecular weight is 245 g/mol. The number of fused-ring (bicyclic) bond motifs is 1. The number of ether oxygens (including phenoxy) is 2. The van der Waals surface area contributed by atoms with Crippen molar-refractivity contribution >= 4 is 0 Å². The van der Waals surface area contributed by atoms with Crippen LogP contribution in [0.1, 0.15) is 37.8 Å². The van der Waals surface area contributed by atoms with E-state index in [1.54, 1.807) is 0 Å². The zero-order chi connectivity index (χ0) is 12.4. The normalized spacial score (nSPS) is 23.1. The highest BCUT2D eigenvalue weighted by atomic mass is 16.7. The van der Waals surface area contributed by atoms with Crippen LogP contribution in [0.25, 0.3) is 0 Å². The Bertz CT molecular complexity index is 456. The molecule has 0 radical (unpaired) electrons. The van der Waals surface area contributed by atoms with Crippen LogP contribution in [-0.4, -0.2) is 12.8 Å². The van der Waals surface area contributed by atoms with E-state index in [0.29, 0.717) is 18.9 Å². The maximum atomic E-state index is 5.42. The summed E-state index contributed by atoms with van der Waals surface area (Å²) in [6, 6.07) is 7.13. The standard InChI is InChI=1S/C15H19NO2/c1-11(16-13-5-3-2-4-6-13)12-7-8-14-15(9-12)18-10-17-14/h2-3,7-9,11,13,16H,4-6,10H2,1H3. The Kier molecular flexibility index (Phi) is 3.24. The highest BCUT2D eigenvalue weighted by molar-refractivity contribution is 5.45. The van der Waals surface area contributed by atoms with Crippen molar-refractivity contribution in [2.45, 2.75) is 38.3 Å². The monoisotopic (exact) mass is 245 g/mol. The van der Waals surface area contributed by atoms with Gasteiger partial charge in [0.1, 0.15) is 0 Å². The summed E-state index contributed by atoms with van der Waals surface area (Å²) in [7, 11) is 0. The van der Waals surface area contributed by atoms with E-state index in [1.165, 1.54) is 18.4 Å². The fourth-order valence-corrected chi connectivity index (χ4v) is 2.58. The molecule has 1 heterocycles. The lowest BCUT2D eigenvalue weighted by molar-refractivity contribution is 0.174. The summed E-state index contributed by atoms with van der Waals surface area (Å²) in [5, 5.41) is 3.68. The highest BCUT2D eigenvalue weighted by Crippen LogP contribution is 2.34. The first-order valence-electron chi connectivity index (χ1n) is 6.63. The Labute approximate surface area is 108 Å². The number of hydrogen-bond donors (Lipinski definition) is 1. The Balaban J connectivity index is 1.68. The van der Waals surface area contributed by atoms with Crippen LogP contribution < -0.4 is 14.8 Å². The van der Waals surface area contributed by atoms with Gasteiger partial charge in [-0.2, -0.15) is 0 Å². The van der Waals surface area contributed by atoms with Gasteiger partial charge in [-0.25, -0.2) is 0 Å². The lowest BCUT2D eigenvalue weighted by atomic mass is 9.99. The SMILES string of the molecule is CC(NC1CC=CCC1)c1ccc2c(c1)OCO2. The predicted octanol–water partition coefficient (Wildman–Crippen LogP) is 3.17. The maximum Gasteiger partial charge on any atom is 0.231 e. The van der Waals surface area contributed by atoms with Crippen LogP contribution in [0.4, 0.5) is 0 Å². The maximum absolute atomic E-state index is 5.42. The number of benzene rings is 1. The van der Waals surface area contributed by atoms with Crippen LogP contribution in [0.5, 0.6) is 11.5 Å². The van der Waals surface area contributed by atoms with Gasteiger partial charge >= 0.3 is 0 Å². The molecule has 2 atom stereocenters. The van der Waals surface area contributed by atoms with Crippen molar-refractivity contribution in [3.63, 3.8) is 0 Å². The van der Waals surface area contributed by atoms with Crippen LogP contribution in [0.15, 0.2) is 30.4 Å². The number of rotatable bonds is 3. The number of hydrogen-bond acceptors (Lipinski definition) is 3. The summed E-state index contributed by atoms with van der Waals surface area (Å²) in [5.74, 6) is 1.72. The van der Waals surface area contributed by atoms with Crippen LogP contribution in [0.3, 0.4) is 0 Å². The van der Waals surface area contributed by atoms with Gasteiger partial charge in [-0.3, -0.25) is 0 Å². The fraction of sp³-hybridized carbons (Fsp3) is 0.467. The topological polar surface area (TPSA) is 30.5 Å². The molecule has 1 aliphatic heterocycles. The van der Waals surface area contributed by atoms with E-state index in [2.05, 4.69) is 36.5 Å². The fourth-order valence-electron chi connectivity index (χ4n) is 2.58. The smallest absolute Gasteiger partial charge is 0.231 e. The molecular weight excluding hydrogens is 226 g/mol. The van der Waals surface area contributed by atoms with Crippen LogP contribution in [0, 0.1) is 0 Å². The minimum absolute atomic E-state index is 0.341. The van der Waals surface area contributed by atoms with Crippen molar-refractivity contribution in [2.24, 2.45) is 0 Å². The first-order valence-corrected chi connectivity index (χ1v) is 6.63. The van der Waals surface area contributed by atoms with Crippen molar-refractivity contribution in [3.8, 4) is 11.5 Å². The molecule has 0 bridgehead atoms. The third-order valence-corrected chi connectivity index (χ3v) is 3.65. The molecule has 1 aromatic rings. The van der Waals surface area contributed by atoms with Gasteiger partial charge in [0, 0.05) is 12.1 Å². The molecule has 1 N–H and O–H groups in total. The van der Waals surface area contributed by atoms with Gasteiger partial charge in [0.15, 0.2) is 11.5 Å². The van der Waals surface area contributed by atoms with Crippen molar-refractivity contribution in [1.82, 2.24) is 5.32 Å². The minimum Gasteiger partial charge on any atom is -0.454 e. The van der Waals surface area contributed by atoms with Crippen LogP contribution >= 0.6 is 0 Å². The van der Waals surface area contributed by atoms with Crippen molar-refractivity contribution in [1.29, 1.82) is 0 Å². The highest BCUT2D eigenvalue weighted by Gasteiger charge is 2.18. The van der Waals surface area contributed by atoms with Crippen LogP contribution in [-0.2, 0) is 0 Å². The van der Waals surface area contributed by atoms with E-state index < -0.39 is 0 Å². The van der Waals surface area contributed by atoms with Crippen molar-refractivity contribution in [2.75, 3.05) is 6.79 Å². The van der Waals surface area contributed by atoms with E-state index >= 15 is 0 Å². The molecule has 0 aromatic heterocycles. The second-order valence-corrected chi connectivity index (χ2v) is 4.98. The van der Waals surface area contributed by atoms with Gasteiger partial charge in [-0.05, 0) is 43.9 Å². The van der Waals surface area contributed by atoms with Gasteiger partial charge in [-0.15, -0.1) is 0 Å². The molecule has 0 amide bonds. The summed E-state index contributed by atoms with van der Waals surface area (Å²) >= 11 is 0. The third-order valence-electron chi connectivity index (χ3n) is 3.65. The number of nitrogens with one attached hydrogen (secondary N) is 1. The molecule has 96 valence electrons. The molecule has 3 heteroatoms. The third kappa shape index (κ3) is 2.36.